The summed E-state index contributed by atoms with van der Waals surface area (Å²) >= 11 is 0. The van der Waals surface area contributed by atoms with Crippen LogP contribution in [0.4, 0.5) is 5.69 Å². The fourth-order valence-corrected chi connectivity index (χ4v) is 4.63. The van der Waals surface area contributed by atoms with Gasteiger partial charge in [-0.15, -0.1) is 0 Å². The van der Waals surface area contributed by atoms with Gasteiger partial charge in [-0.2, -0.15) is 0 Å². The number of fused-ring (bicyclic) bond motifs is 2. The first-order valence-corrected chi connectivity index (χ1v) is 11.2. The van der Waals surface area contributed by atoms with Crippen molar-refractivity contribution in [3.8, 4) is 5.75 Å². The minimum Gasteiger partial charge on any atom is -0.481 e. The number of nitrogens with one attached hydrogen (secondary N) is 1. The van der Waals surface area contributed by atoms with Crippen molar-refractivity contribution in [2.24, 2.45) is 5.41 Å². The van der Waals surface area contributed by atoms with Gasteiger partial charge in [0.25, 0.3) is 5.91 Å². The number of nitrogens with zero attached hydrogens (tertiary/aromatic N) is 1. The van der Waals surface area contributed by atoms with Crippen molar-refractivity contribution in [3.05, 3.63) is 59.2 Å². The van der Waals surface area contributed by atoms with E-state index in [4.69, 9.17) is 4.74 Å². The molecule has 2 atom stereocenters. The molecule has 4 rings (SSSR count). The molecule has 1 heterocycles. The Balaban J connectivity index is 1.62. The first-order valence-electron chi connectivity index (χ1n) is 11.2. The predicted molar refractivity (Wildman–Crippen MR) is 122 cm³/mol. The number of aryl methyl sites for hydroxylation is 1. The lowest BCUT2D eigenvalue weighted by molar-refractivity contribution is -0.140. The molecule has 0 unspecified atom stereocenters. The summed E-state index contributed by atoms with van der Waals surface area (Å²) in [6.45, 7) is 8.43. The Morgan fingerprint density at radius 2 is 1.94 bits per heavy atom. The molecule has 0 bridgehead atoms. The maximum Gasteiger partial charge on any atom is 0.264 e. The third-order valence-electron chi connectivity index (χ3n) is 6.02. The van der Waals surface area contributed by atoms with E-state index in [0.29, 0.717) is 18.7 Å². The van der Waals surface area contributed by atoms with E-state index in [-0.39, 0.29) is 23.3 Å². The topological polar surface area (TPSA) is 58.6 Å². The molecule has 0 spiro atoms. The van der Waals surface area contributed by atoms with Crippen molar-refractivity contribution in [2.75, 3.05) is 5.32 Å². The van der Waals surface area contributed by atoms with Crippen LogP contribution >= 0.6 is 0 Å². The second-order valence-electron chi connectivity index (χ2n) is 9.94. The number of carbonyl (C=O) groups excluding carboxylic acids is 2. The van der Waals surface area contributed by atoms with E-state index in [9.17, 15) is 9.59 Å². The average Bonchev–Trinajstić information content (AvgIpc) is 2.82. The summed E-state index contributed by atoms with van der Waals surface area (Å²) in [5.74, 6) is 0.710. The predicted octanol–water partition coefficient (Wildman–Crippen LogP) is 5.25. The molecule has 5 heteroatoms. The monoisotopic (exact) mass is 420 g/mol. The van der Waals surface area contributed by atoms with Crippen LogP contribution in [0.5, 0.6) is 5.75 Å². The van der Waals surface area contributed by atoms with Crippen molar-refractivity contribution >= 4 is 17.5 Å². The van der Waals surface area contributed by atoms with Gasteiger partial charge in [0.2, 0.25) is 5.91 Å². The fraction of sp³-hybridized carbons (Fsp3) is 0.462. The van der Waals surface area contributed by atoms with E-state index in [1.807, 2.05) is 50.8 Å². The molecule has 0 saturated carbocycles. The number of anilines is 1. The Morgan fingerprint density at radius 1 is 1.16 bits per heavy atom. The van der Waals surface area contributed by atoms with Crippen LogP contribution in [0.3, 0.4) is 0 Å². The van der Waals surface area contributed by atoms with Crippen LogP contribution in [-0.2, 0) is 22.6 Å². The number of hydrogen-bond acceptors (Lipinski definition) is 3. The first-order chi connectivity index (χ1) is 14.7. The zero-order valence-electron chi connectivity index (χ0n) is 18.9. The van der Waals surface area contributed by atoms with Gasteiger partial charge in [0, 0.05) is 17.7 Å². The number of amides is 2. The van der Waals surface area contributed by atoms with Crippen molar-refractivity contribution in [1.82, 2.24) is 4.90 Å². The lowest BCUT2D eigenvalue weighted by Gasteiger charge is -2.35. The van der Waals surface area contributed by atoms with Gasteiger partial charge < -0.3 is 15.0 Å². The van der Waals surface area contributed by atoms with Crippen molar-refractivity contribution in [1.29, 1.82) is 0 Å². The van der Waals surface area contributed by atoms with Gasteiger partial charge in [0.1, 0.15) is 5.75 Å². The molecule has 0 fully saturated rings. The Bertz CT molecular complexity index is 992. The molecule has 1 aliphatic heterocycles. The van der Waals surface area contributed by atoms with Gasteiger partial charge in [-0.1, -0.05) is 45.0 Å². The summed E-state index contributed by atoms with van der Waals surface area (Å²) in [7, 11) is 0. The zero-order valence-corrected chi connectivity index (χ0v) is 18.9. The molecule has 1 aliphatic carbocycles. The number of hydrogen-bond donors (Lipinski definition) is 1. The average molecular weight is 421 g/mol. The molecule has 2 aromatic carbocycles. The Hall–Kier alpha value is -2.82. The molecule has 5 nitrogen and oxygen atoms in total. The van der Waals surface area contributed by atoms with Gasteiger partial charge in [-0.25, -0.2) is 0 Å². The lowest BCUT2D eigenvalue weighted by atomic mass is 9.86. The summed E-state index contributed by atoms with van der Waals surface area (Å²) < 4.78 is 6.01. The Morgan fingerprint density at radius 3 is 2.71 bits per heavy atom. The molecule has 0 radical (unpaired) electrons. The first kappa shape index (κ1) is 21.4. The van der Waals surface area contributed by atoms with Crippen LogP contribution in [0, 0.1) is 5.41 Å². The van der Waals surface area contributed by atoms with Crippen LogP contribution in [-0.4, -0.2) is 22.8 Å². The minimum atomic E-state index is -0.545. The van der Waals surface area contributed by atoms with Crippen LogP contribution in [0.15, 0.2) is 42.5 Å². The molecule has 2 aromatic rings. The number of rotatable bonds is 3. The second-order valence-corrected chi connectivity index (χ2v) is 9.94. The molecule has 164 valence electrons. The molecule has 0 aromatic heterocycles. The van der Waals surface area contributed by atoms with Crippen LogP contribution in [0.25, 0.3) is 0 Å². The largest absolute Gasteiger partial charge is 0.481 e. The van der Waals surface area contributed by atoms with Gasteiger partial charge in [-0.3, -0.25) is 9.59 Å². The maximum atomic E-state index is 13.3. The van der Waals surface area contributed by atoms with E-state index in [1.165, 1.54) is 11.1 Å². The van der Waals surface area contributed by atoms with E-state index < -0.39 is 6.10 Å². The molecular weight excluding hydrogens is 388 g/mol. The fourth-order valence-electron chi connectivity index (χ4n) is 4.63. The van der Waals surface area contributed by atoms with E-state index in [0.717, 1.165) is 30.5 Å². The molecular formula is C26H32N2O3. The molecule has 0 saturated heterocycles. The van der Waals surface area contributed by atoms with E-state index in [1.54, 1.807) is 0 Å². The highest BCUT2D eigenvalue weighted by Crippen LogP contribution is 2.38. The Labute approximate surface area is 184 Å². The molecule has 31 heavy (non-hydrogen) atoms. The van der Waals surface area contributed by atoms with Crippen molar-refractivity contribution in [3.63, 3.8) is 0 Å². The quantitative estimate of drug-likeness (QED) is 0.738. The summed E-state index contributed by atoms with van der Waals surface area (Å²) in [4.78, 5) is 27.7. The summed E-state index contributed by atoms with van der Waals surface area (Å²) in [6.07, 6.45) is 2.97. The summed E-state index contributed by atoms with van der Waals surface area (Å²) in [6, 6.07) is 14.1. The van der Waals surface area contributed by atoms with E-state index in [2.05, 4.69) is 29.6 Å². The standard InChI is InChI=1S/C26H32N2O3/c1-17-25(30)28(22-11-7-9-18-8-5-6-10-21(18)22)16-19-14-20(12-13-23(19)31-17)27-24(29)15-26(2,3)4/h5-6,8,10,12-14,17,22H,7,9,11,15-16H2,1-4H3,(H,27,29)/t17-,22-/m1/s1. The highest BCUT2D eigenvalue weighted by atomic mass is 16.5. The van der Waals surface area contributed by atoms with E-state index >= 15 is 0 Å². The molecule has 2 amide bonds. The number of carbonyl (C=O) groups is 2. The van der Waals surface area contributed by atoms with Crippen LogP contribution in [0.1, 0.15) is 69.7 Å². The molecule has 2 aliphatic rings. The second kappa shape index (κ2) is 8.37. The third kappa shape index (κ3) is 4.76. The number of ether oxygens (including phenoxy) is 1. The Kier molecular flexibility index (Phi) is 5.78. The normalized spacial score (nSPS) is 20.9. The molecule has 1 N–H and O–H groups in total. The van der Waals surface area contributed by atoms with Crippen LogP contribution in [0.2, 0.25) is 0 Å². The van der Waals surface area contributed by atoms with Gasteiger partial charge in [0.05, 0.1) is 12.6 Å². The van der Waals surface area contributed by atoms with Gasteiger partial charge >= 0.3 is 0 Å². The highest BCUT2D eigenvalue weighted by Gasteiger charge is 2.35. The van der Waals surface area contributed by atoms with Crippen LogP contribution < -0.4 is 10.1 Å². The highest BCUT2D eigenvalue weighted by molar-refractivity contribution is 5.91. The van der Waals surface area contributed by atoms with Gasteiger partial charge in [0.15, 0.2) is 6.10 Å². The zero-order chi connectivity index (χ0) is 22.2. The van der Waals surface area contributed by atoms with Gasteiger partial charge in [-0.05, 0) is 60.9 Å². The van der Waals surface area contributed by atoms with Crippen molar-refractivity contribution in [2.45, 2.75) is 72.1 Å². The number of benzene rings is 2. The summed E-state index contributed by atoms with van der Waals surface area (Å²) in [5.41, 5.74) is 4.16. The SMILES string of the molecule is C[C@H]1Oc2ccc(NC(=O)CC(C)(C)C)cc2CN([C@@H]2CCCc3ccccc32)C1=O. The van der Waals surface area contributed by atoms with Crippen molar-refractivity contribution < 1.29 is 14.3 Å². The third-order valence-corrected chi connectivity index (χ3v) is 6.02. The lowest BCUT2D eigenvalue weighted by Crippen LogP contribution is -2.41. The maximum absolute atomic E-state index is 13.3. The minimum absolute atomic E-state index is 0.00972. The summed E-state index contributed by atoms with van der Waals surface area (Å²) in [5, 5.41) is 3.00. The smallest absolute Gasteiger partial charge is 0.264 e.